The largest absolute Gasteiger partial charge is 0.417 e. The van der Waals surface area contributed by atoms with Gasteiger partial charge in [0.2, 0.25) is 0 Å². The van der Waals surface area contributed by atoms with E-state index in [1.807, 2.05) is 5.32 Å². The summed E-state index contributed by atoms with van der Waals surface area (Å²) in [5, 5.41) is 2.43. The van der Waals surface area contributed by atoms with Gasteiger partial charge in [-0.05, 0) is 24.3 Å². The number of urea groups is 1. The van der Waals surface area contributed by atoms with Crippen molar-refractivity contribution in [3.05, 3.63) is 63.1 Å². The van der Waals surface area contributed by atoms with Crippen molar-refractivity contribution in [2.45, 2.75) is 6.18 Å². The summed E-state index contributed by atoms with van der Waals surface area (Å²) in [7, 11) is 0. The number of rotatable bonds is 2. The van der Waals surface area contributed by atoms with E-state index < -0.39 is 51.6 Å². The second-order valence-electron chi connectivity index (χ2n) is 4.81. The van der Waals surface area contributed by atoms with Crippen molar-refractivity contribution in [3.63, 3.8) is 0 Å². The molecule has 0 aliphatic heterocycles. The number of nitrogens with one attached hydrogen (secondary N) is 2. The number of carbonyl (C=O) groups excluding carboxylic acids is 2. The molecule has 0 unspecified atom stereocenters. The van der Waals surface area contributed by atoms with E-state index in [1.165, 1.54) is 0 Å². The highest BCUT2D eigenvalue weighted by Gasteiger charge is 2.34. The number of halogens is 7. The minimum absolute atomic E-state index is 0.345. The molecule has 2 rings (SSSR count). The minimum atomic E-state index is -4.82. The zero-order chi connectivity index (χ0) is 19.6. The quantitative estimate of drug-likeness (QED) is 0.661. The Morgan fingerprint density at radius 2 is 1.54 bits per heavy atom. The monoisotopic (exact) mass is 412 g/mol. The minimum Gasteiger partial charge on any atom is -0.306 e. The number of anilines is 1. The lowest BCUT2D eigenvalue weighted by Gasteiger charge is -2.14. The molecule has 4 nitrogen and oxygen atoms in total. The van der Waals surface area contributed by atoms with Crippen LogP contribution in [0.25, 0.3) is 0 Å². The molecule has 0 radical (unpaired) electrons. The highest BCUT2D eigenvalue weighted by molar-refractivity contribution is 6.37. The molecular formula is C15H7Cl2F5N2O2. The normalized spacial score (nSPS) is 11.2. The highest BCUT2D eigenvalue weighted by Crippen LogP contribution is 2.39. The van der Waals surface area contributed by atoms with E-state index in [2.05, 4.69) is 0 Å². The van der Waals surface area contributed by atoms with Crippen molar-refractivity contribution in [2.24, 2.45) is 0 Å². The van der Waals surface area contributed by atoms with Gasteiger partial charge in [-0.3, -0.25) is 10.1 Å². The van der Waals surface area contributed by atoms with Crippen LogP contribution >= 0.6 is 23.2 Å². The van der Waals surface area contributed by atoms with Gasteiger partial charge in [-0.15, -0.1) is 0 Å². The first-order valence-corrected chi connectivity index (χ1v) is 7.39. The average Bonchev–Trinajstić information content (AvgIpc) is 2.48. The molecule has 0 aromatic heterocycles. The number of imide groups is 1. The summed E-state index contributed by atoms with van der Waals surface area (Å²) < 4.78 is 65.4. The maximum absolute atomic E-state index is 13.5. The van der Waals surface area contributed by atoms with Gasteiger partial charge in [0, 0.05) is 0 Å². The Morgan fingerprint density at radius 3 is 2.08 bits per heavy atom. The van der Waals surface area contributed by atoms with E-state index in [-0.39, 0.29) is 5.02 Å². The molecule has 0 aliphatic carbocycles. The molecule has 3 amide bonds. The second kappa shape index (κ2) is 7.46. The molecule has 0 atom stereocenters. The van der Waals surface area contributed by atoms with Crippen molar-refractivity contribution >= 4 is 40.8 Å². The topological polar surface area (TPSA) is 58.2 Å². The molecule has 138 valence electrons. The van der Waals surface area contributed by atoms with Crippen LogP contribution in [-0.2, 0) is 6.18 Å². The van der Waals surface area contributed by atoms with Crippen LogP contribution in [0.4, 0.5) is 32.4 Å². The second-order valence-corrected chi connectivity index (χ2v) is 5.63. The Hall–Kier alpha value is -2.39. The van der Waals surface area contributed by atoms with Crippen LogP contribution in [0.3, 0.4) is 0 Å². The van der Waals surface area contributed by atoms with Crippen molar-refractivity contribution in [2.75, 3.05) is 5.32 Å². The zero-order valence-corrected chi connectivity index (χ0v) is 13.9. The van der Waals surface area contributed by atoms with Crippen LogP contribution in [0, 0.1) is 11.6 Å². The molecule has 0 bridgehead atoms. The van der Waals surface area contributed by atoms with Gasteiger partial charge < -0.3 is 5.32 Å². The molecule has 0 saturated heterocycles. The summed E-state index contributed by atoms with van der Waals surface area (Å²) in [6.07, 6.45) is -4.82. The Kier molecular flexibility index (Phi) is 5.72. The van der Waals surface area contributed by atoms with Crippen molar-refractivity contribution in [3.8, 4) is 0 Å². The van der Waals surface area contributed by atoms with Gasteiger partial charge in [0.25, 0.3) is 5.91 Å². The maximum Gasteiger partial charge on any atom is 0.417 e. The average molecular weight is 413 g/mol. The molecule has 0 saturated carbocycles. The van der Waals surface area contributed by atoms with E-state index in [9.17, 15) is 31.5 Å². The van der Waals surface area contributed by atoms with Crippen LogP contribution in [0.2, 0.25) is 10.0 Å². The third-order valence-corrected chi connectivity index (χ3v) is 3.65. The van der Waals surface area contributed by atoms with Gasteiger partial charge in [0.05, 0.1) is 21.3 Å². The van der Waals surface area contributed by atoms with Gasteiger partial charge in [0.15, 0.2) is 0 Å². The molecule has 0 spiro atoms. The molecular weight excluding hydrogens is 406 g/mol. The number of amides is 3. The SMILES string of the molecule is O=C(NC(=O)c1c(F)cccc1F)Nc1cc(C(F)(F)F)c(Cl)cc1Cl. The highest BCUT2D eigenvalue weighted by atomic mass is 35.5. The van der Waals surface area contributed by atoms with E-state index in [0.29, 0.717) is 6.07 Å². The molecule has 2 aromatic rings. The first-order chi connectivity index (χ1) is 12.0. The third kappa shape index (κ3) is 4.41. The molecule has 26 heavy (non-hydrogen) atoms. The Morgan fingerprint density at radius 1 is 0.962 bits per heavy atom. The standard InChI is InChI=1S/C15H7Cl2F5N2O2/c16-7-5-8(17)11(4-6(7)15(20,21)22)23-14(26)24-13(25)12-9(18)2-1-3-10(12)19/h1-5H,(H2,23,24,25,26). The fraction of sp³-hybridized carbons (Fsp3) is 0.0667. The summed E-state index contributed by atoms with van der Waals surface area (Å²) in [6, 6.07) is 2.45. The first-order valence-electron chi connectivity index (χ1n) is 6.63. The van der Waals surface area contributed by atoms with E-state index in [1.54, 1.807) is 5.32 Å². The van der Waals surface area contributed by atoms with Gasteiger partial charge in [-0.1, -0.05) is 29.3 Å². The Bertz CT molecular complexity index is 867. The lowest BCUT2D eigenvalue weighted by Crippen LogP contribution is -2.35. The van der Waals surface area contributed by atoms with E-state index in [4.69, 9.17) is 23.2 Å². The van der Waals surface area contributed by atoms with Crippen LogP contribution < -0.4 is 10.6 Å². The molecule has 0 heterocycles. The molecule has 11 heteroatoms. The number of benzene rings is 2. The number of carbonyl (C=O) groups is 2. The summed E-state index contributed by atoms with van der Waals surface area (Å²) in [4.78, 5) is 23.5. The fourth-order valence-electron chi connectivity index (χ4n) is 1.90. The van der Waals surface area contributed by atoms with Crippen LogP contribution in [-0.4, -0.2) is 11.9 Å². The van der Waals surface area contributed by atoms with Crippen LogP contribution in [0.15, 0.2) is 30.3 Å². The van der Waals surface area contributed by atoms with Crippen LogP contribution in [0.1, 0.15) is 15.9 Å². The zero-order valence-electron chi connectivity index (χ0n) is 12.3. The maximum atomic E-state index is 13.5. The van der Waals surface area contributed by atoms with Crippen LogP contribution in [0.5, 0.6) is 0 Å². The molecule has 0 fully saturated rings. The van der Waals surface area contributed by atoms with Gasteiger partial charge in [-0.2, -0.15) is 13.2 Å². The van der Waals surface area contributed by atoms with Crippen molar-refractivity contribution < 1.29 is 31.5 Å². The summed E-state index contributed by atoms with van der Waals surface area (Å²) >= 11 is 11.2. The Labute approximate surface area is 152 Å². The molecule has 2 aromatic carbocycles. The van der Waals surface area contributed by atoms with E-state index in [0.717, 1.165) is 24.3 Å². The fourth-order valence-corrected chi connectivity index (χ4v) is 2.43. The number of alkyl halides is 3. The summed E-state index contributed by atoms with van der Waals surface area (Å²) in [5.74, 6) is -3.88. The predicted octanol–water partition coefficient (Wildman–Crippen LogP) is 5.25. The van der Waals surface area contributed by atoms with Gasteiger partial charge in [0.1, 0.15) is 17.2 Å². The lowest BCUT2D eigenvalue weighted by atomic mass is 10.2. The van der Waals surface area contributed by atoms with Crippen molar-refractivity contribution in [1.82, 2.24) is 5.32 Å². The van der Waals surface area contributed by atoms with Gasteiger partial charge in [-0.25, -0.2) is 13.6 Å². The smallest absolute Gasteiger partial charge is 0.306 e. The number of hydrogen-bond acceptors (Lipinski definition) is 2. The lowest BCUT2D eigenvalue weighted by molar-refractivity contribution is -0.137. The first kappa shape index (κ1) is 19.9. The third-order valence-electron chi connectivity index (χ3n) is 3.03. The molecule has 2 N–H and O–H groups in total. The number of hydrogen-bond donors (Lipinski definition) is 2. The Balaban J connectivity index is 2.22. The van der Waals surface area contributed by atoms with Gasteiger partial charge >= 0.3 is 12.2 Å². The molecule has 0 aliphatic rings. The summed E-state index contributed by atoms with van der Waals surface area (Å²) in [5.41, 5.74) is -2.81. The summed E-state index contributed by atoms with van der Waals surface area (Å²) in [6.45, 7) is 0. The van der Waals surface area contributed by atoms with E-state index >= 15 is 0 Å². The predicted molar refractivity (Wildman–Crippen MR) is 84.3 cm³/mol. The van der Waals surface area contributed by atoms with Crippen molar-refractivity contribution in [1.29, 1.82) is 0 Å².